The quantitative estimate of drug-likeness (QED) is 0.580. The Morgan fingerprint density at radius 3 is 2.34 bits per heavy atom. The van der Waals surface area contributed by atoms with E-state index in [-0.39, 0.29) is 12.2 Å². The Morgan fingerprint density at radius 1 is 1.03 bits per heavy atom. The number of aliphatic hydroxyl groups is 1. The minimum absolute atomic E-state index is 0.0408. The second kappa shape index (κ2) is 10.6. The van der Waals surface area contributed by atoms with Gasteiger partial charge in [0.25, 0.3) is 5.56 Å². The average Bonchev–Trinajstić information content (AvgIpc) is 2.75. The van der Waals surface area contributed by atoms with Gasteiger partial charge in [-0.05, 0) is 24.0 Å². The van der Waals surface area contributed by atoms with Crippen LogP contribution in [0, 0.1) is 0 Å². The highest BCUT2D eigenvalue weighted by molar-refractivity contribution is 6.33. The molecule has 1 aromatic heterocycles. The van der Waals surface area contributed by atoms with E-state index in [0.29, 0.717) is 36.6 Å². The Labute approximate surface area is 175 Å². The first-order chi connectivity index (χ1) is 14.2. The van der Waals surface area contributed by atoms with E-state index in [4.69, 9.17) is 11.6 Å². The van der Waals surface area contributed by atoms with Crippen LogP contribution >= 0.6 is 11.6 Å². The third-order valence-electron chi connectivity index (χ3n) is 4.49. The lowest BCUT2D eigenvalue weighted by Crippen LogP contribution is -2.33. The number of anilines is 1. The lowest BCUT2D eigenvalue weighted by molar-refractivity contribution is 0.289. The fraction of sp³-hybridized carbons (Fsp3) is 0.217. The third kappa shape index (κ3) is 5.79. The molecule has 3 rings (SSSR count). The van der Waals surface area contributed by atoms with Crippen molar-refractivity contribution in [3.05, 3.63) is 99.4 Å². The Kier molecular flexibility index (Phi) is 7.61. The van der Waals surface area contributed by atoms with E-state index in [1.165, 1.54) is 10.9 Å². The molecule has 0 saturated carbocycles. The fourth-order valence-electron chi connectivity index (χ4n) is 3.07. The highest BCUT2D eigenvalue weighted by atomic mass is 35.5. The molecule has 6 heteroatoms. The number of benzene rings is 2. The molecule has 5 nitrogen and oxygen atoms in total. The van der Waals surface area contributed by atoms with Crippen LogP contribution in [0.4, 0.5) is 5.69 Å². The summed E-state index contributed by atoms with van der Waals surface area (Å²) in [5.74, 6) is 0. The van der Waals surface area contributed by atoms with Crippen LogP contribution in [0.15, 0.2) is 77.7 Å². The Balaban J connectivity index is 1.87. The van der Waals surface area contributed by atoms with E-state index in [2.05, 4.69) is 5.10 Å². The van der Waals surface area contributed by atoms with Crippen LogP contribution < -0.4 is 10.5 Å². The van der Waals surface area contributed by atoms with E-state index in [1.54, 1.807) is 6.20 Å². The second-order valence-corrected chi connectivity index (χ2v) is 7.06. The Bertz CT molecular complexity index is 988. The molecule has 0 saturated heterocycles. The molecule has 0 amide bonds. The van der Waals surface area contributed by atoms with Gasteiger partial charge in [0.15, 0.2) is 0 Å². The Hall–Kier alpha value is -2.89. The second-order valence-electron chi connectivity index (χ2n) is 6.65. The van der Waals surface area contributed by atoms with Gasteiger partial charge in [0, 0.05) is 25.9 Å². The van der Waals surface area contributed by atoms with Crippen molar-refractivity contribution in [1.29, 1.82) is 0 Å². The summed E-state index contributed by atoms with van der Waals surface area (Å²) in [4.78, 5) is 15.0. The van der Waals surface area contributed by atoms with Crippen LogP contribution in [-0.2, 0) is 13.0 Å². The van der Waals surface area contributed by atoms with Crippen molar-refractivity contribution in [2.24, 2.45) is 0 Å². The number of rotatable bonds is 9. The van der Waals surface area contributed by atoms with Crippen LogP contribution in [0.1, 0.15) is 17.5 Å². The molecular weight excluding hydrogens is 386 g/mol. The van der Waals surface area contributed by atoms with Gasteiger partial charge in [0.05, 0.1) is 11.2 Å². The smallest absolute Gasteiger partial charge is 0.296 e. The van der Waals surface area contributed by atoms with Crippen LogP contribution in [0.5, 0.6) is 0 Å². The zero-order chi connectivity index (χ0) is 20.5. The molecule has 1 N–H and O–H groups in total. The van der Waals surface area contributed by atoms with E-state index < -0.39 is 0 Å². The first-order valence-electron chi connectivity index (χ1n) is 9.56. The lowest BCUT2D eigenvalue weighted by atomic mass is 10.1. The van der Waals surface area contributed by atoms with Gasteiger partial charge in [-0.15, -0.1) is 0 Å². The maximum atomic E-state index is 13.1. The number of hydrogen-bond acceptors (Lipinski definition) is 4. The van der Waals surface area contributed by atoms with Crippen molar-refractivity contribution in [2.75, 3.05) is 18.1 Å². The molecule has 2 aromatic carbocycles. The predicted molar refractivity (Wildman–Crippen MR) is 118 cm³/mol. The van der Waals surface area contributed by atoms with Gasteiger partial charge in [0.1, 0.15) is 5.69 Å². The molecule has 3 aromatic rings. The van der Waals surface area contributed by atoms with E-state index in [1.807, 2.05) is 71.6 Å². The van der Waals surface area contributed by atoms with Crippen LogP contribution in [0.3, 0.4) is 0 Å². The molecule has 0 aliphatic heterocycles. The molecule has 0 spiro atoms. The van der Waals surface area contributed by atoms with Crippen LogP contribution in [-0.4, -0.2) is 28.0 Å². The van der Waals surface area contributed by atoms with Crippen LogP contribution in [0.2, 0.25) is 5.02 Å². The zero-order valence-corrected chi connectivity index (χ0v) is 16.9. The average molecular weight is 410 g/mol. The number of halogens is 1. The molecule has 0 radical (unpaired) electrons. The van der Waals surface area contributed by atoms with Crippen molar-refractivity contribution < 1.29 is 5.11 Å². The van der Waals surface area contributed by atoms with Crippen molar-refractivity contribution in [1.82, 2.24) is 9.78 Å². The monoisotopic (exact) mass is 409 g/mol. The summed E-state index contributed by atoms with van der Waals surface area (Å²) in [6, 6.07) is 19.9. The Morgan fingerprint density at radius 2 is 1.69 bits per heavy atom. The van der Waals surface area contributed by atoms with Crippen molar-refractivity contribution in [3.8, 4) is 0 Å². The molecular formula is C23H24ClN3O2. The highest BCUT2D eigenvalue weighted by Crippen LogP contribution is 2.22. The zero-order valence-electron chi connectivity index (χ0n) is 16.1. The summed E-state index contributed by atoms with van der Waals surface area (Å²) in [5, 5.41) is 13.7. The van der Waals surface area contributed by atoms with Crippen LogP contribution in [0.25, 0.3) is 6.20 Å². The van der Waals surface area contributed by atoms with Gasteiger partial charge >= 0.3 is 0 Å². The summed E-state index contributed by atoms with van der Waals surface area (Å²) in [6.07, 6.45) is 6.29. The molecule has 0 bridgehead atoms. The van der Waals surface area contributed by atoms with Crippen molar-refractivity contribution >= 4 is 23.5 Å². The normalized spacial score (nSPS) is 11.1. The highest BCUT2D eigenvalue weighted by Gasteiger charge is 2.17. The number of allylic oxidation sites excluding steroid dienone is 1. The van der Waals surface area contributed by atoms with Gasteiger partial charge in [-0.3, -0.25) is 4.79 Å². The van der Waals surface area contributed by atoms with Gasteiger partial charge in [0.2, 0.25) is 0 Å². The number of aromatic nitrogens is 2. The maximum Gasteiger partial charge on any atom is 0.296 e. The number of nitrogens with zero attached hydrogens (tertiary/aromatic N) is 3. The van der Waals surface area contributed by atoms with E-state index in [0.717, 1.165) is 11.1 Å². The summed E-state index contributed by atoms with van der Waals surface area (Å²) >= 11 is 6.37. The standard InChI is InChI=1S/C23H24ClN3O2/c24-21-17-25-27(15-7-13-19-9-3-1-4-10-19)23(29)22(21)26(14-8-16-28)18-20-11-5-2-6-12-20/h1-7,9-12,15,17,28H,8,13-14,16,18H2. The summed E-state index contributed by atoms with van der Waals surface area (Å²) in [7, 11) is 0. The molecule has 0 atom stereocenters. The summed E-state index contributed by atoms with van der Waals surface area (Å²) in [5.41, 5.74) is 2.32. The van der Waals surface area contributed by atoms with Gasteiger partial charge in [-0.2, -0.15) is 5.10 Å². The lowest BCUT2D eigenvalue weighted by Gasteiger charge is -2.25. The van der Waals surface area contributed by atoms with Crippen molar-refractivity contribution in [2.45, 2.75) is 19.4 Å². The number of aliphatic hydroxyl groups excluding tert-OH is 1. The molecule has 150 valence electrons. The van der Waals surface area contributed by atoms with E-state index >= 15 is 0 Å². The minimum atomic E-state index is -0.282. The summed E-state index contributed by atoms with van der Waals surface area (Å²) in [6.45, 7) is 1.07. The largest absolute Gasteiger partial charge is 0.396 e. The van der Waals surface area contributed by atoms with Gasteiger partial charge in [-0.1, -0.05) is 78.3 Å². The molecule has 0 fully saturated rings. The molecule has 29 heavy (non-hydrogen) atoms. The predicted octanol–water partition coefficient (Wildman–Crippen LogP) is 4.00. The number of hydrogen-bond donors (Lipinski definition) is 1. The third-order valence-corrected chi connectivity index (χ3v) is 4.77. The van der Waals surface area contributed by atoms with E-state index in [9.17, 15) is 9.90 Å². The molecule has 1 heterocycles. The molecule has 0 aliphatic carbocycles. The van der Waals surface area contributed by atoms with Gasteiger partial charge < -0.3 is 10.0 Å². The molecule has 0 unspecified atom stereocenters. The van der Waals surface area contributed by atoms with Gasteiger partial charge in [-0.25, -0.2) is 4.68 Å². The topological polar surface area (TPSA) is 58.4 Å². The fourth-order valence-corrected chi connectivity index (χ4v) is 3.31. The maximum absolute atomic E-state index is 13.1. The minimum Gasteiger partial charge on any atom is -0.396 e. The first kappa shape index (κ1) is 20.8. The SMILES string of the molecule is O=c1c(N(CCCO)Cc2ccccc2)c(Cl)cnn1C=CCc1ccccc1. The van der Waals surface area contributed by atoms with Crippen molar-refractivity contribution in [3.63, 3.8) is 0 Å². The summed E-state index contributed by atoms with van der Waals surface area (Å²) < 4.78 is 1.31. The molecule has 0 aliphatic rings. The first-order valence-corrected chi connectivity index (χ1v) is 9.94.